The topological polar surface area (TPSA) is 108 Å². The monoisotopic (exact) mass is 450 g/mol. The summed E-state index contributed by atoms with van der Waals surface area (Å²) in [5.74, 6) is -0.537. The molecule has 0 spiro atoms. The van der Waals surface area contributed by atoms with E-state index in [0.717, 1.165) is 0 Å². The zero-order chi connectivity index (χ0) is 20.4. The summed E-state index contributed by atoms with van der Waals surface area (Å²) in [4.78, 5) is 22.9. The van der Waals surface area contributed by atoms with Crippen molar-refractivity contribution in [2.45, 2.75) is 26.4 Å². The molecule has 2 aromatic heterocycles. The lowest BCUT2D eigenvalue weighted by Crippen LogP contribution is -2.24. The molecule has 146 valence electrons. The van der Waals surface area contributed by atoms with E-state index in [-0.39, 0.29) is 29.6 Å². The number of hydrogen-bond acceptors (Lipinski definition) is 5. The number of aromatic nitrogens is 4. The highest BCUT2D eigenvalue weighted by Gasteiger charge is 2.23. The van der Waals surface area contributed by atoms with E-state index in [2.05, 4.69) is 31.4 Å². The van der Waals surface area contributed by atoms with Crippen molar-refractivity contribution in [3.8, 4) is 0 Å². The minimum Gasteiger partial charge on any atom is -0.306 e. The van der Waals surface area contributed by atoms with Gasteiger partial charge in [0.2, 0.25) is 5.91 Å². The van der Waals surface area contributed by atoms with E-state index in [4.69, 9.17) is 0 Å². The van der Waals surface area contributed by atoms with Crippen molar-refractivity contribution < 1.29 is 14.1 Å². The molecule has 9 nitrogen and oxygen atoms in total. The van der Waals surface area contributed by atoms with Crippen LogP contribution in [0.3, 0.4) is 0 Å². The van der Waals surface area contributed by atoms with E-state index < -0.39 is 16.9 Å². The van der Waals surface area contributed by atoms with Crippen molar-refractivity contribution in [2.75, 3.05) is 5.32 Å². The second-order valence-corrected chi connectivity index (χ2v) is 6.97. The Labute approximate surface area is 167 Å². The molecule has 28 heavy (non-hydrogen) atoms. The average molecular weight is 451 g/mol. The number of amides is 1. The summed E-state index contributed by atoms with van der Waals surface area (Å²) in [6.07, 6.45) is 2.83. The third-order valence-corrected chi connectivity index (χ3v) is 4.69. The number of aryl methyl sites for hydroxylation is 1. The molecule has 3 rings (SSSR count). The normalized spacial score (nSPS) is 12.0. The molecule has 1 unspecified atom stereocenters. The van der Waals surface area contributed by atoms with Gasteiger partial charge in [-0.25, -0.2) is 4.39 Å². The van der Waals surface area contributed by atoms with Crippen LogP contribution in [0.1, 0.15) is 24.2 Å². The first-order chi connectivity index (χ1) is 13.3. The molecule has 1 atom stereocenters. The van der Waals surface area contributed by atoms with Crippen molar-refractivity contribution in [3.05, 3.63) is 68.3 Å². The average Bonchev–Trinajstić information content (AvgIpc) is 3.19. The number of halogens is 2. The van der Waals surface area contributed by atoms with Crippen LogP contribution < -0.4 is 5.32 Å². The van der Waals surface area contributed by atoms with Gasteiger partial charge >= 0.3 is 5.69 Å². The summed E-state index contributed by atoms with van der Waals surface area (Å²) >= 11 is 3.31. The van der Waals surface area contributed by atoms with E-state index in [1.807, 2.05) is 0 Å². The number of carbonyl (C=O) groups excluding carboxylic acids is 1. The Hall–Kier alpha value is -3.08. The van der Waals surface area contributed by atoms with Crippen LogP contribution in [0.4, 0.5) is 15.9 Å². The van der Waals surface area contributed by atoms with Crippen molar-refractivity contribution in [1.82, 2.24) is 19.6 Å². The van der Waals surface area contributed by atoms with Crippen LogP contribution in [0.5, 0.6) is 0 Å². The number of nitrogens with one attached hydrogen (secondary N) is 1. The number of rotatable bonds is 6. The quantitative estimate of drug-likeness (QED) is 0.456. The lowest BCUT2D eigenvalue weighted by atomic mass is 10.2. The van der Waals surface area contributed by atoms with Crippen LogP contribution >= 0.6 is 15.9 Å². The number of nitro groups is 1. The molecule has 1 aromatic carbocycles. The summed E-state index contributed by atoms with van der Waals surface area (Å²) in [7, 11) is 0. The fourth-order valence-corrected chi connectivity index (χ4v) is 2.97. The third kappa shape index (κ3) is 4.09. The molecule has 0 fully saturated rings. The number of benzene rings is 1. The maximum atomic E-state index is 13.8. The van der Waals surface area contributed by atoms with Gasteiger partial charge in [0.25, 0.3) is 0 Å². The highest BCUT2D eigenvalue weighted by Crippen LogP contribution is 2.23. The molecule has 0 radical (unpaired) electrons. The van der Waals surface area contributed by atoms with E-state index in [1.165, 1.54) is 28.6 Å². The van der Waals surface area contributed by atoms with Crippen molar-refractivity contribution in [2.24, 2.45) is 0 Å². The van der Waals surface area contributed by atoms with Gasteiger partial charge in [-0.2, -0.15) is 10.2 Å². The summed E-state index contributed by atoms with van der Waals surface area (Å²) in [5.41, 5.74) is 0.526. The standard InChI is InChI=1S/C17H16BrFN6O3/c1-10-15(25(27)28)9-24(21-10)11(2)17(26)20-16-13(18)8-23(22-16)7-12-5-3-4-6-14(12)19/h3-6,8-9,11H,7H2,1-2H3,(H,20,22,26). The molecule has 3 aromatic rings. The minimum atomic E-state index is -0.795. The Kier molecular flexibility index (Phi) is 5.54. The molecular formula is C17H16BrFN6O3. The Bertz CT molecular complexity index is 1050. The molecule has 11 heteroatoms. The summed E-state index contributed by atoms with van der Waals surface area (Å²) in [6.45, 7) is 3.26. The SMILES string of the molecule is Cc1nn(C(C)C(=O)Nc2nn(Cc3ccccc3F)cc2Br)cc1[N+](=O)[O-]. The molecule has 0 aliphatic carbocycles. The summed E-state index contributed by atoms with van der Waals surface area (Å²) in [5, 5.41) is 21.9. The van der Waals surface area contributed by atoms with Gasteiger partial charge < -0.3 is 5.32 Å². The molecule has 1 amide bonds. The van der Waals surface area contributed by atoms with E-state index in [9.17, 15) is 19.3 Å². The van der Waals surface area contributed by atoms with Crippen LogP contribution in [0.2, 0.25) is 0 Å². The van der Waals surface area contributed by atoms with Gasteiger partial charge in [-0.3, -0.25) is 24.3 Å². The van der Waals surface area contributed by atoms with Gasteiger partial charge in [0.05, 0.1) is 15.9 Å². The lowest BCUT2D eigenvalue weighted by molar-refractivity contribution is -0.385. The second kappa shape index (κ2) is 7.89. The van der Waals surface area contributed by atoms with Gasteiger partial charge in [0.1, 0.15) is 23.7 Å². The van der Waals surface area contributed by atoms with Crippen molar-refractivity contribution >= 4 is 33.3 Å². The first kappa shape index (κ1) is 19.7. The lowest BCUT2D eigenvalue weighted by Gasteiger charge is -2.11. The number of carbonyl (C=O) groups is 1. The van der Waals surface area contributed by atoms with Crippen LogP contribution in [0.15, 0.2) is 41.1 Å². The first-order valence-electron chi connectivity index (χ1n) is 8.23. The van der Waals surface area contributed by atoms with Crippen LogP contribution in [-0.2, 0) is 11.3 Å². The first-order valence-corrected chi connectivity index (χ1v) is 9.03. The van der Waals surface area contributed by atoms with E-state index >= 15 is 0 Å². The van der Waals surface area contributed by atoms with Crippen LogP contribution in [-0.4, -0.2) is 30.4 Å². The molecule has 1 N–H and O–H groups in total. The molecular weight excluding hydrogens is 435 g/mol. The molecule has 2 heterocycles. The molecule has 0 saturated heterocycles. The van der Waals surface area contributed by atoms with Gasteiger partial charge in [0, 0.05) is 11.8 Å². The molecule has 0 bridgehead atoms. The predicted octanol–water partition coefficient (Wildman–Crippen LogP) is 3.45. The zero-order valence-electron chi connectivity index (χ0n) is 15.0. The fourth-order valence-electron chi connectivity index (χ4n) is 2.55. The third-order valence-electron chi connectivity index (χ3n) is 4.11. The molecule has 0 saturated carbocycles. The van der Waals surface area contributed by atoms with Gasteiger partial charge in [0.15, 0.2) is 5.82 Å². The van der Waals surface area contributed by atoms with Crippen LogP contribution in [0.25, 0.3) is 0 Å². The molecule has 0 aliphatic rings. The summed E-state index contributed by atoms with van der Waals surface area (Å²) < 4.78 is 17.0. The van der Waals surface area contributed by atoms with Gasteiger partial charge in [-0.1, -0.05) is 18.2 Å². The van der Waals surface area contributed by atoms with Gasteiger partial charge in [-0.05, 0) is 35.8 Å². The highest BCUT2D eigenvalue weighted by atomic mass is 79.9. The maximum Gasteiger partial charge on any atom is 0.309 e. The second-order valence-electron chi connectivity index (χ2n) is 6.12. The fraction of sp³-hybridized carbons (Fsp3) is 0.235. The van der Waals surface area contributed by atoms with Gasteiger partial charge in [-0.15, -0.1) is 0 Å². The Morgan fingerprint density at radius 2 is 2.07 bits per heavy atom. The largest absolute Gasteiger partial charge is 0.309 e. The number of hydrogen-bond donors (Lipinski definition) is 1. The Morgan fingerprint density at radius 1 is 1.36 bits per heavy atom. The number of anilines is 1. The smallest absolute Gasteiger partial charge is 0.306 e. The van der Waals surface area contributed by atoms with E-state index in [1.54, 1.807) is 31.3 Å². The zero-order valence-corrected chi connectivity index (χ0v) is 16.6. The highest BCUT2D eigenvalue weighted by molar-refractivity contribution is 9.10. The predicted molar refractivity (Wildman–Crippen MR) is 102 cm³/mol. The molecule has 0 aliphatic heterocycles. The van der Waals surface area contributed by atoms with Crippen molar-refractivity contribution in [1.29, 1.82) is 0 Å². The Balaban J connectivity index is 1.73. The van der Waals surface area contributed by atoms with E-state index in [0.29, 0.717) is 10.0 Å². The summed E-state index contributed by atoms with van der Waals surface area (Å²) in [6, 6.07) is 5.55. The Morgan fingerprint density at radius 3 is 2.71 bits per heavy atom. The maximum absolute atomic E-state index is 13.8. The minimum absolute atomic E-state index is 0.157. The van der Waals surface area contributed by atoms with Crippen LogP contribution in [0, 0.1) is 22.9 Å². The van der Waals surface area contributed by atoms with Crippen molar-refractivity contribution in [3.63, 3.8) is 0 Å². The number of nitrogens with zero attached hydrogens (tertiary/aromatic N) is 5.